The van der Waals surface area contributed by atoms with E-state index in [4.69, 9.17) is 0 Å². The van der Waals surface area contributed by atoms with E-state index < -0.39 is 0 Å². The molecule has 0 amide bonds. The molecule has 0 aromatic carbocycles. The second-order valence-corrected chi connectivity index (χ2v) is 3.25. The van der Waals surface area contributed by atoms with Crippen LogP contribution < -0.4 is 0 Å². The quantitative estimate of drug-likeness (QED) is 0.706. The van der Waals surface area contributed by atoms with Gasteiger partial charge in [0.1, 0.15) is 0 Å². The van der Waals surface area contributed by atoms with Crippen molar-refractivity contribution < 1.29 is 21.1 Å². The van der Waals surface area contributed by atoms with Crippen molar-refractivity contribution in [3.05, 3.63) is 5.32 Å². The maximum atomic E-state index is 4.31. The van der Waals surface area contributed by atoms with Gasteiger partial charge in [0.2, 0.25) is 0 Å². The minimum Gasteiger partial charge on any atom is -0.662 e. The largest absolute Gasteiger partial charge is 0.662 e. The molecule has 1 aliphatic rings. The summed E-state index contributed by atoms with van der Waals surface area (Å²) in [6, 6.07) is 0. The van der Waals surface area contributed by atoms with Crippen LogP contribution in [0.4, 0.5) is 0 Å². The predicted octanol–water partition coefficient (Wildman–Crippen LogP) is 2.42. The normalized spacial score (nSPS) is 20.7. The Morgan fingerprint density at radius 1 is 1.20 bits per heavy atom. The summed E-state index contributed by atoms with van der Waals surface area (Å²) in [5.74, 6) is 1.84. The molecule has 0 aliphatic carbocycles. The first-order valence-corrected chi connectivity index (χ1v) is 3.94. The van der Waals surface area contributed by atoms with Crippen LogP contribution in [0.1, 0.15) is 26.7 Å². The van der Waals surface area contributed by atoms with Crippen LogP contribution >= 0.6 is 0 Å². The van der Waals surface area contributed by atoms with Gasteiger partial charge in [0.05, 0.1) is 0 Å². The number of hydrogen-bond donors (Lipinski definition) is 0. The molecule has 60 valence electrons. The van der Waals surface area contributed by atoms with Crippen molar-refractivity contribution in [1.29, 1.82) is 0 Å². The summed E-state index contributed by atoms with van der Waals surface area (Å²) in [5.41, 5.74) is 0. The molecular weight excluding hydrogens is 294 g/mol. The van der Waals surface area contributed by atoms with Gasteiger partial charge in [-0.05, 0) is 11.8 Å². The third-order valence-corrected chi connectivity index (χ3v) is 2.26. The first kappa shape index (κ1) is 10.6. The fourth-order valence-electron chi connectivity index (χ4n) is 1.44. The minimum atomic E-state index is 0. The van der Waals surface area contributed by atoms with Crippen molar-refractivity contribution in [3.8, 4) is 0 Å². The second kappa shape index (κ2) is 5.32. The summed E-state index contributed by atoms with van der Waals surface area (Å²) < 4.78 is 0. The van der Waals surface area contributed by atoms with Crippen molar-refractivity contribution >= 4 is 0 Å². The molecule has 0 N–H and O–H groups in total. The van der Waals surface area contributed by atoms with E-state index in [0.29, 0.717) is 0 Å². The Balaban J connectivity index is 0.000000810. The van der Waals surface area contributed by atoms with E-state index in [1.54, 1.807) is 0 Å². The van der Waals surface area contributed by atoms with Gasteiger partial charge in [-0.25, -0.2) is 0 Å². The molecule has 0 bridgehead atoms. The molecule has 0 spiro atoms. The molecule has 0 radical (unpaired) electrons. The number of hydrogen-bond acceptors (Lipinski definition) is 0. The number of nitrogens with zero attached hydrogens (tertiary/aromatic N) is 1. The summed E-state index contributed by atoms with van der Waals surface area (Å²) >= 11 is 0. The van der Waals surface area contributed by atoms with Gasteiger partial charge in [-0.2, -0.15) is 0 Å². The van der Waals surface area contributed by atoms with Gasteiger partial charge in [0, 0.05) is 21.1 Å². The molecule has 1 heterocycles. The summed E-state index contributed by atoms with van der Waals surface area (Å²) in [4.78, 5) is 0. The zero-order valence-corrected chi connectivity index (χ0v) is 9.77. The standard InChI is InChI=1S/C8H16N.W/c1-7(2)8-3-5-9-6-4-8;/h7-8H,3-6H2,1-2H3;/q-1;. The predicted molar refractivity (Wildman–Crippen MR) is 40.7 cm³/mol. The maximum Gasteiger partial charge on any atom is 0 e. The SMILES string of the molecule is CC(C)C1CC[N-]CC1.[W]. The van der Waals surface area contributed by atoms with E-state index in [9.17, 15) is 0 Å². The van der Waals surface area contributed by atoms with Crippen LogP contribution in [-0.4, -0.2) is 13.1 Å². The first-order chi connectivity index (χ1) is 4.30. The molecule has 1 fully saturated rings. The van der Waals surface area contributed by atoms with Crippen molar-refractivity contribution in [2.75, 3.05) is 13.1 Å². The van der Waals surface area contributed by atoms with E-state index >= 15 is 0 Å². The van der Waals surface area contributed by atoms with Crippen molar-refractivity contribution in [2.24, 2.45) is 11.8 Å². The van der Waals surface area contributed by atoms with Gasteiger partial charge >= 0.3 is 0 Å². The average Bonchev–Trinajstić information content (AvgIpc) is 1.90. The number of piperidine rings is 1. The zero-order chi connectivity index (χ0) is 6.69. The van der Waals surface area contributed by atoms with Gasteiger partial charge in [0.25, 0.3) is 0 Å². The molecule has 0 atom stereocenters. The third kappa shape index (κ3) is 3.16. The second-order valence-electron chi connectivity index (χ2n) is 3.25. The fraction of sp³-hybridized carbons (Fsp3) is 1.00. The molecule has 0 aromatic rings. The fourth-order valence-corrected chi connectivity index (χ4v) is 1.44. The molecule has 2 heteroatoms. The molecule has 0 aromatic heterocycles. The Morgan fingerprint density at radius 2 is 1.70 bits per heavy atom. The topological polar surface area (TPSA) is 14.1 Å². The Kier molecular flexibility index (Phi) is 5.66. The summed E-state index contributed by atoms with van der Waals surface area (Å²) in [5, 5.41) is 4.31. The van der Waals surface area contributed by atoms with E-state index in [2.05, 4.69) is 19.2 Å². The molecule has 0 unspecified atom stereocenters. The van der Waals surface area contributed by atoms with E-state index in [1.807, 2.05) is 0 Å². The summed E-state index contributed by atoms with van der Waals surface area (Å²) in [6.07, 6.45) is 2.66. The zero-order valence-electron chi connectivity index (χ0n) is 6.84. The van der Waals surface area contributed by atoms with E-state index in [-0.39, 0.29) is 21.1 Å². The summed E-state index contributed by atoms with van der Waals surface area (Å²) in [6.45, 7) is 6.86. The molecule has 1 saturated heterocycles. The van der Waals surface area contributed by atoms with Crippen LogP contribution in [0.2, 0.25) is 0 Å². The summed E-state index contributed by atoms with van der Waals surface area (Å²) in [7, 11) is 0. The Morgan fingerprint density at radius 3 is 2.00 bits per heavy atom. The van der Waals surface area contributed by atoms with Crippen LogP contribution in [0.3, 0.4) is 0 Å². The van der Waals surface area contributed by atoms with Gasteiger partial charge in [0.15, 0.2) is 0 Å². The van der Waals surface area contributed by atoms with Crippen LogP contribution in [0.15, 0.2) is 0 Å². The van der Waals surface area contributed by atoms with Crippen molar-refractivity contribution in [2.45, 2.75) is 26.7 Å². The van der Waals surface area contributed by atoms with Crippen LogP contribution in [0, 0.1) is 11.8 Å². The smallest absolute Gasteiger partial charge is 0 e. The average molecular weight is 310 g/mol. The van der Waals surface area contributed by atoms with Gasteiger partial charge in [-0.15, -0.1) is 13.1 Å². The molecule has 1 nitrogen and oxygen atoms in total. The molecule has 0 saturated carbocycles. The molecular formula is C8H16NW-. The Hall–Kier alpha value is 0.648. The van der Waals surface area contributed by atoms with Crippen LogP contribution in [0.25, 0.3) is 5.32 Å². The van der Waals surface area contributed by atoms with Crippen molar-refractivity contribution in [3.63, 3.8) is 0 Å². The minimum absolute atomic E-state index is 0. The van der Waals surface area contributed by atoms with Gasteiger partial charge < -0.3 is 5.32 Å². The monoisotopic (exact) mass is 310 g/mol. The third-order valence-electron chi connectivity index (χ3n) is 2.26. The van der Waals surface area contributed by atoms with E-state index in [1.165, 1.54) is 12.8 Å². The van der Waals surface area contributed by atoms with Crippen LogP contribution in [-0.2, 0) is 21.1 Å². The molecule has 10 heavy (non-hydrogen) atoms. The first-order valence-electron chi connectivity index (χ1n) is 3.94. The Bertz CT molecular complexity index is 77.3. The van der Waals surface area contributed by atoms with Gasteiger partial charge in [-0.3, -0.25) is 0 Å². The van der Waals surface area contributed by atoms with Crippen molar-refractivity contribution in [1.82, 2.24) is 0 Å². The molecule has 1 aliphatic heterocycles. The van der Waals surface area contributed by atoms with Crippen LogP contribution in [0.5, 0.6) is 0 Å². The van der Waals surface area contributed by atoms with E-state index in [0.717, 1.165) is 24.9 Å². The Labute approximate surface area is 78.2 Å². The molecule has 1 rings (SSSR count). The maximum absolute atomic E-state index is 4.31. The van der Waals surface area contributed by atoms with Gasteiger partial charge in [-0.1, -0.05) is 26.7 Å². The number of rotatable bonds is 1.